The Labute approximate surface area is 203 Å². The topological polar surface area (TPSA) is 89.5 Å². The fourth-order valence-electron chi connectivity index (χ4n) is 2.76. The molecule has 0 saturated carbocycles. The maximum absolute atomic E-state index is 12.5. The average Bonchev–Trinajstić information content (AvgIpc) is 2.81. The monoisotopic (exact) mass is 521 g/mol. The molecule has 0 spiro atoms. The summed E-state index contributed by atoms with van der Waals surface area (Å²) >= 11 is 0.847. The maximum atomic E-state index is 12.5. The van der Waals surface area contributed by atoms with E-state index in [2.05, 4.69) is 9.46 Å². The third-order valence-corrected chi connectivity index (χ3v) is 6.61. The molecule has 3 aromatic carbocycles. The Hall–Kier alpha value is -3.57. The van der Waals surface area contributed by atoms with E-state index in [1.165, 1.54) is 30.3 Å². The number of carbonyl (C=O) groups excluding carboxylic acids is 2. The van der Waals surface area contributed by atoms with Crippen LogP contribution in [0.3, 0.4) is 0 Å². The highest BCUT2D eigenvalue weighted by Crippen LogP contribution is 2.25. The lowest BCUT2D eigenvalue weighted by Gasteiger charge is -2.11. The van der Waals surface area contributed by atoms with E-state index >= 15 is 0 Å². The van der Waals surface area contributed by atoms with Crippen LogP contribution in [0.1, 0.15) is 15.9 Å². The van der Waals surface area contributed by atoms with Crippen molar-refractivity contribution in [3.63, 3.8) is 0 Å². The van der Waals surface area contributed by atoms with Crippen molar-refractivity contribution in [2.24, 2.45) is 0 Å². The molecule has 0 aliphatic heterocycles. The van der Waals surface area contributed by atoms with Crippen molar-refractivity contribution in [1.29, 1.82) is 0 Å². The highest BCUT2D eigenvalue weighted by molar-refractivity contribution is 8.14. The van der Waals surface area contributed by atoms with Crippen LogP contribution < -0.4 is 9.46 Å². The molecule has 0 fully saturated rings. The predicted octanol–water partition coefficient (Wildman–Crippen LogP) is 5.54. The highest BCUT2D eigenvalue weighted by atomic mass is 32.2. The van der Waals surface area contributed by atoms with Gasteiger partial charge in [-0.3, -0.25) is 14.3 Å². The zero-order valence-corrected chi connectivity index (χ0v) is 19.5. The number of halogens is 3. The minimum atomic E-state index is -4.89. The maximum Gasteiger partial charge on any atom is 0.573 e. The quantitative estimate of drug-likeness (QED) is 0.294. The molecule has 0 radical (unpaired) electrons. The molecule has 0 aromatic heterocycles. The first-order chi connectivity index (χ1) is 16.5. The van der Waals surface area contributed by atoms with E-state index in [4.69, 9.17) is 0 Å². The third-order valence-electron chi connectivity index (χ3n) is 4.38. The van der Waals surface area contributed by atoms with Gasteiger partial charge in [0.1, 0.15) is 5.75 Å². The van der Waals surface area contributed by atoms with Gasteiger partial charge in [-0.05, 0) is 60.2 Å². The van der Waals surface area contributed by atoms with Gasteiger partial charge in [-0.15, -0.1) is 13.2 Å². The number of Topliss-reactive ketones (excluding diaryl/α,β-unsaturated/α-hetero) is 1. The number of hydrogen-bond acceptors (Lipinski definition) is 6. The van der Waals surface area contributed by atoms with Gasteiger partial charge in [0.05, 0.1) is 10.6 Å². The molecule has 0 atom stereocenters. The van der Waals surface area contributed by atoms with Crippen molar-refractivity contribution < 1.29 is 35.9 Å². The van der Waals surface area contributed by atoms with Crippen LogP contribution in [0, 0.1) is 0 Å². The van der Waals surface area contributed by atoms with Gasteiger partial charge < -0.3 is 4.74 Å². The number of hydrogen-bond donors (Lipinski definition) is 1. The van der Waals surface area contributed by atoms with E-state index in [1.54, 1.807) is 6.08 Å². The second-order valence-electron chi connectivity index (χ2n) is 6.98. The number of carbonyl (C=O) groups is 2. The molecule has 0 aliphatic carbocycles. The average molecular weight is 522 g/mol. The van der Waals surface area contributed by atoms with Crippen molar-refractivity contribution in [2.75, 3.05) is 10.5 Å². The van der Waals surface area contributed by atoms with Crippen LogP contribution in [0.5, 0.6) is 5.75 Å². The molecule has 0 saturated heterocycles. The summed E-state index contributed by atoms with van der Waals surface area (Å²) in [6, 6.07) is 18.5. The first-order valence-electron chi connectivity index (χ1n) is 9.94. The number of benzene rings is 3. The Morgan fingerprint density at radius 3 is 2.14 bits per heavy atom. The number of sulfonamides is 1. The van der Waals surface area contributed by atoms with Gasteiger partial charge in [0.2, 0.25) is 5.12 Å². The largest absolute Gasteiger partial charge is 0.573 e. The Bertz CT molecular complexity index is 1310. The van der Waals surface area contributed by atoms with E-state index in [-0.39, 0.29) is 32.8 Å². The van der Waals surface area contributed by atoms with Crippen LogP contribution in [0.4, 0.5) is 18.9 Å². The van der Waals surface area contributed by atoms with Crippen LogP contribution in [-0.2, 0) is 14.8 Å². The van der Waals surface area contributed by atoms with Crippen molar-refractivity contribution in [3.05, 3.63) is 96.1 Å². The lowest BCUT2D eigenvalue weighted by atomic mass is 10.1. The molecular formula is C24H18F3NO5S2. The summed E-state index contributed by atoms with van der Waals surface area (Å²) in [6.07, 6.45) is -1.85. The molecule has 182 valence electrons. The highest BCUT2D eigenvalue weighted by Gasteiger charge is 2.31. The van der Waals surface area contributed by atoms with E-state index in [9.17, 15) is 31.2 Å². The normalized spacial score (nSPS) is 11.9. The smallest absolute Gasteiger partial charge is 0.406 e. The van der Waals surface area contributed by atoms with Crippen molar-refractivity contribution >= 4 is 44.4 Å². The van der Waals surface area contributed by atoms with E-state index in [1.807, 2.05) is 30.3 Å². The molecule has 0 bridgehead atoms. The molecule has 35 heavy (non-hydrogen) atoms. The van der Waals surface area contributed by atoms with E-state index in [0.717, 1.165) is 41.6 Å². The molecule has 0 unspecified atom stereocenters. The molecular weight excluding hydrogens is 503 g/mol. The molecule has 6 nitrogen and oxygen atoms in total. The molecule has 3 aromatic rings. The Balaban J connectivity index is 1.55. The first kappa shape index (κ1) is 26.0. The molecule has 0 amide bonds. The minimum absolute atomic E-state index is 0.0879. The van der Waals surface area contributed by atoms with Crippen molar-refractivity contribution in [2.45, 2.75) is 11.3 Å². The van der Waals surface area contributed by atoms with Gasteiger partial charge in [-0.1, -0.05) is 48.2 Å². The van der Waals surface area contributed by atoms with Crippen LogP contribution >= 0.6 is 11.8 Å². The number of ether oxygens (including phenoxy) is 1. The van der Waals surface area contributed by atoms with E-state index < -0.39 is 22.1 Å². The summed E-state index contributed by atoms with van der Waals surface area (Å²) in [7, 11) is -4.09. The molecule has 1 N–H and O–H groups in total. The minimum Gasteiger partial charge on any atom is -0.406 e. The first-order valence-corrected chi connectivity index (χ1v) is 12.4. The number of nitrogens with one attached hydrogen (secondary N) is 1. The molecule has 11 heteroatoms. The number of rotatable bonds is 9. The van der Waals surface area contributed by atoms with Crippen molar-refractivity contribution in [3.8, 4) is 5.75 Å². The third kappa shape index (κ3) is 8.30. The van der Waals surface area contributed by atoms with Crippen LogP contribution in [-0.4, -0.2) is 31.4 Å². The SMILES string of the molecule is O=C(C=Cc1ccccc1)SCC(=O)c1ccc(NS(=O)(=O)c2ccc(OC(F)(F)F)cc2)cc1. The Morgan fingerprint density at radius 1 is 0.914 bits per heavy atom. The fraction of sp³-hybridized carbons (Fsp3) is 0.0833. The lowest BCUT2D eigenvalue weighted by Crippen LogP contribution is -2.17. The van der Waals surface area contributed by atoms with Gasteiger partial charge in [-0.25, -0.2) is 8.42 Å². The predicted molar refractivity (Wildman–Crippen MR) is 128 cm³/mol. The second-order valence-corrected chi connectivity index (χ2v) is 9.64. The summed E-state index contributed by atoms with van der Waals surface area (Å²) in [6.45, 7) is 0. The molecule has 0 aliphatic rings. The summed E-state index contributed by atoms with van der Waals surface area (Å²) in [5.41, 5.74) is 1.29. The zero-order valence-electron chi connectivity index (χ0n) is 17.9. The summed E-state index contributed by atoms with van der Waals surface area (Å²) in [4.78, 5) is 24.0. The van der Waals surface area contributed by atoms with Crippen LogP contribution in [0.15, 0.2) is 89.8 Å². The molecule has 3 rings (SSSR count). The Kier molecular flexibility index (Phi) is 8.36. The second kappa shape index (κ2) is 11.2. The number of ketones is 1. The van der Waals surface area contributed by atoms with Gasteiger partial charge in [0.15, 0.2) is 5.78 Å². The van der Waals surface area contributed by atoms with Gasteiger partial charge in [-0.2, -0.15) is 0 Å². The van der Waals surface area contributed by atoms with Crippen LogP contribution in [0.25, 0.3) is 6.08 Å². The standard InChI is InChI=1S/C24H18F3NO5S2/c25-24(26,27)33-20-11-13-21(14-12-20)35(31,32)28-19-9-7-18(8-10-19)22(29)16-34-23(30)15-6-17-4-2-1-3-5-17/h1-15,28H,16H2. The van der Waals surface area contributed by atoms with Crippen molar-refractivity contribution in [1.82, 2.24) is 0 Å². The van der Waals surface area contributed by atoms with E-state index in [0.29, 0.717) is 0 Å². The summed E-state index contributed by atoms with van der Waals surface area (Å²) in [5.74, 6) is -0.951. The summed E-state index contributed by atoms with van der Waals surface area (Å²) in [5, 5.41) is -0.279. The Morgan fingerprint density at radius 2 is 1.54 bits per heavy atom. The number of thioether (sulfide) groups is 1. The van der Waals surface area contributed by atoms with Gasteiger partial charge in [0, 0.05) is 11.3 Å². The zero-order chi connectivity index (χ0) is 25.5. The van der Waals surface area contributed by atoms with Gasteiger partial charge in [0.25, 0.3) is 10.0 Å². The molecule has 0 heterocycles. The van der Waals surface area contributed by atoms with Gasteiger partial charge >= 0.3 is 6.36 Å². The lowest BCUT2D eigenvalue weighted by molar-refractivity contribution is -0.274. The number of anilines is 1. The van der Waals surface area contributed by atoms with Crippen LogP contribution in [0.2, 0.25) is 0 Å². The summed E-state index contributed by atoms with van der Waals surface area (Å²) < 4.78 is 67.7. The number of alkyl halides is 3. The fourth-order valence-corrected chi connectivity index (χ4v) is 4.42.